The van der Waals surface area contributed by atoms with Gasteiger partial charge in [-0.15, -0.1) is 0 Å². The summed E-state index contributed by atoms with van der Waals surface area (Å²) < 4.78 is 0. The van der Waals surface area contributed by atoms with Gasteiger partial charge < -0.3 is 25.8 Å². The highest BCUT2D eigenvalue weighted by molar-refractivity contribution is 6.31. The quantitative estimate of drug-likeness (QED) is 0.510. The Morgan fingerprint density at radius 2 is 1.86 bits per heavy atom. The number of nitrogens with one attached hydrogen (secondary N) is 3. The number of hydrogen-bond donors (Lipinski definition) is 3. The lowest BCUT2D eigenvalue weighted by Crippen LogP contribution is -2.48. The van der Waals surface area contributed by atoms with E-state index in [1.807, 2.05) is 32.9 Å². The van der Waals surface area contributed by atoms with E-state index in [9.17, 15) is 4.79 Å². The Morgan fingerprint density at radius 3 is 2.46 bits per heavy atom. The molecule has 8 heteroatoms. The van der Waals surface area contributed by atoms with Crippen LogP contribution in [0.4, 0.5) is 5.69 Å². The van der Waals surface area contributed by atoms with Crippen molar-refractivity contribution in [3.63, 3.8) is 0 Å². The number of likely N-dealkylation sites (N-methyl/N-ethyl adjacent to an activating group) is 1. The van der Waals surface area contributed by atoms with Crippen molar-refractivity contribution in [2.75, 3.05) is 51.7 Å². The van der Waals surface area contributed by atoms with Crippen molar-refractivity contribution in [1.82, 2.24) is 20.9 Å². The van der Waals surface area contributed by atoms with Crippen LogP contribution in [0, 0.1) is 0 Å². The number of rotatable bonds is 5. The van der Waals surface area contributed by atoms with Crippen LogP contribution in [0.1, 0.15) is 26.3 Å². The van der Waals surface area contributed by atoms with E-state index >= 15 is 0 Å². The van der Waals surface area contributed by atoms with E-state index < -0.39 is 0 Å². The molecule has 1 aliphatic heterocycles. The molecule has 0 unspecified atom stereocenters. The fourth-order valence-electron chi connectivity index (χ4n) is 3.09. The van der Waals surface area contributed by atoms with Crippen LogP contribution in [-0.4, -0.2) is 69.1 Å². The monoisotopic (exact) mass is 408 g/mol. The van der Waals surface area contributed by atoms with Crippen LogP contribution in [0.5, 0.6) is 0 Å². The summed E-state index contributed by atoms with van der Waals surface area (Å²) in [7, 11) is 3.83. The van der Waals surface area contributed by atoms with Crippen molar-refractivity contribution in [1.29, 1.82) is 0 Å². The molecule has 1 aliphatic rings. The molecule has 0 aromatic heterocycles. The first-order chi connectivity index (χ1) is 13.2. The zero-order valence-corrected chi connectivity index (χ0v) is 18.4. The van der Waals surface area contributed by atoms with Gasteiger partial charge in [0, 0.05) is 61.6 Å². The number of benzene rings is 1. The van der Waals surface area contributed by atoms with Crippen molar-refractivity contribution in [3.8, 4) is 0 Å². The molecule has 7 nitrogen and oxygen atoms in total. The highest BCUT2D eigenvalue weighted by Gasteiger charge is 2.19. The molecular weight excluding hydrogens is 376 g/mol. The minimum atomic E-state index is -0.259. The SMILES string of the molecule is CN=C(NCC(=O)NC(C)(C)C)NCc1c(Cl)cccc1N1CCN(C)CC1. The summed E-state index contributed by atoms with van der Waals surface area (Å²) in [6, 6.07) is 6.01. The maximum absolute atomic E-state index is 12.0. The van der Waals surface area contributed by atoms with Crippen molar-refractivity contribution in [3.05, 3.63) is 28.8 Å². The van der Waals surface area contributed by atoms with Gasteiger partial charge in [0.15, 0.2) is 5.96 Å². The maximum atomic E-state index is 12.0. The first-order valence-electron chi connectivity index (χ1n) is 9.66. The minimum absolute atomic E-state index is 0.0775. The molecule has 1 saturated heterocycles. The Labute approximate surface area is 173 Å². The third-order valence-electron chi connectivity index (χ3n) is 4.53. The lowest BCUT2D eigenvalue weighted by atomic mass is 10.1. The van der Waals surface area contributed by atoms with Gasteiger partial charge in [0.1, 0.15) is 0 Å². The van der Waals surface area contributed by atoms with Gasteiger partial charge in [-0.1, -0.05) is 17.7 Å². The molecule has 0 atom stereocenters. The zero-order chi connectivity index (χ0) is 20.7. The van der Waals surface area contributed by atoms with E-state index in [4.69, 9.17) is 11.6 Å². The Balaban J connectivity index is 1.98. The van der Waals surface area contributed by atoms with Gasteiger partial charge in [0.05, 0.1) is 6.54 Å². The van der Waals surface area contributed by atoms with Crippen molar-refractivity contribution in [2.45, 2.75) is 32.9 Å². The number of hydrogen-bond acceptors (Lipinski definition) is 4. The summed E-state index contributed by atoms with van der Waals surface area (Å²) >= 11 is 6.50. The predicted molar refractivity (Wildman–Crippen MR) is 117 cm³/mol. The van der Waals surface area contributed by atoms with Gasteiger partial charge in [0.25, 0.3) is 0 Å². The van der Waals surface area contributed by atoms with Crippen LogP contribution in [0.2, 0.25) is 5.02 Å². The summed E-state index contributed by atoms with van der Waals surface area (Å²) in [4.78, 5) is 20.9. The summed E-state index contributed by atoms with van der Waals surface area (Å²) in [5, 5.41) is 9.97. The maximum Gasteiger partial charge on any atom is 0.239 e. The average Bonchev–Trinajstić information content (AvgIpc) is 2.62. The van der Waals surface area contributed by atoms with Crippen molar-refractivity contribution < 1.29 is 4.79 Å². The molecule has 0 bridgehead atoms. The van der Waals surface area contributed by atoms with Crippen molar-refractivity contribution >= 4 is 29.2 Å². The van der Waals surface area contributed by atoms with Crippen LogP contribution in [-0.2, 0) is 11.3 Å². The largest absolute Gasteiger partial charge is 0.369 e. The smallest absolute Gasteiger partial charge is 0.239 e. The van der Waals surface area contributed by atoms with Crippen LogP contribution >= 0.6 is 11.6 Å². The molecule has 2 rings (SSSR count). The minimum Gasteiger partial charge on any atom is -0.369 e. The second kappa shape index (κ2) is 9.98. The second-order valence-electron chi connectivity index (χ2n) is 8.11. The van der Waals surface area contributed by atoms with Crippen molar-refractivity contribution in [2.24, 2.45) is 4.99 Å². The fourth-order valence-corrected chi connectivity index (χ4v) is 3.32. The molecule has 3 N–H and O–H groups in total. The average molecular weight is 409 g/mol. The highest BCUT2D eigenvalue weighted by Crippen LogP contribution is 2.28. The molecule has 156 valence electrons. The zero-order valence-electron chi connectivity index (χ0n) is 17.6. The number of piperazine rings is 1. The van der Waals surface area contributed by atoms with Gasteiger partial charge in [-0.25, -0.2) is 0 Å². The van der Waals surface area contributed by atoms with Gasteiger partial charge in [0.2, 0.25) is 5.91 Å². The number of nitrogens with zero attached hydrogens (tertiary/aromatic N) is 3. The Kier molecular flexibility index (Phi) is 7.95. The van der Waals surface area contributed by atoms with Gasteiger partial charge in [-0.2, -0.15) is 0 Å². The summed E-state index contributed by atoms with van der Waals surface area (Å²) in [5.41, 5.74) is 1.93. The first kappa shape index (κ1) is 22.3. The van der Waals surface area contributed by atoms with Gasteiger partial charge >= 0.3 is 0 Å². The van der Waals surface area contributed by atoms with E-state index in [2.05, 4.69) is 43.9 Å². The molecule has 28 heavy (non-hydrogen) atoms. The van der Waals surface area contributed by atoms with Gasteiger partial charge in [-0.05, 0) is 40.0 Å². The number of aliphatic imine (C=N–C) groups is 1. The Hall–Kier alpha value is -1.99. The Morgan fingerprint density at radius 1 is 1.18 bits per heavy atom. The Bertz CT molecular complexity index is 692. The highest BCUT2D eigenvalue weighted by atomic mass is 35.5. The molecule has 1 fully saturated rings. The van der Waals surface area contributed by atoms with Crippen LogP contribution in [0.3, 0.4) is 0 Å². The topological polar surface area (TPSA) is 72.0 Å². The molecule has 0 saturated carbocycles. The normalized spacial score (nSPS) is 16.1. The number of halogens is 1. The fraction of sp³-hybridized carbons (Fsp3) is 0.600. The molecule has 1 aromatic carbocycles. The number of amides is 1. The summed E-state index contributed by atoms with van der Waals surface area (Å²) in [6.07, 6.45) is 0. The molecule has 1 aromatic rings. The van der Waals surface area contributed by atoms with Gasteiger partial charge in [-0.3, -0.25) is 9.79 Å². The van der Waals surface area contributed by atoms with E-state index in [0.717, 1.165) is 42.5 Å². The number of anilines is 1. The van der Waals surface area contributed by atoms with E-state index in [1.165, 1.54) is 0 Å². The molecule has 0 spiro atoms. The van der Waals surface area contributed by atoms with Crippen LogP contribution in [0.25, 0.3) is 0 Å². The molecule has 0 radical (unpaired) electrons. The summed E-state index contributed by atoms with van der Waals surface area (Å²) in [6.45, 7) is 10.6. The number of guanidine groups is 1. The van der Waals surface area contributed by atoms with E-state index in [-0.39, 0.29) is 18.0 Å². The molecule has 1 heterocycles. The number of carbonyl (C=O) groups is 1. The van der Waals surface area contributed by atoms with E-state index in [1.54, 1.807) is 7.05 Å². The third-order valence-corrected chi connectivity index (χ3v) is 4.88. The van der Waals surface area contributed by atoms with E-state index in [0.29, 0.717) is 12.5 Å². The first-order valence-corrected chi connectivity index (χ1v) is 10.0. The lowest BCUT2D eigenvalue weighted by Gasteiger charge is -2.35. The number of carbonyl (C=O) groups excluding carboxylic acids is 1. The second-order valence-corrected chi connectivity index (χ2v) is 8.51. The predicted octanol–water partition coefficient (Wildman–Crippen LogP) is 1.67. The third kappa shape index (κ3) is 6.87. The molecule has 1 amide bonds. The standard InChI is InChI=1S/C20H33ClN6O/c1-20(2,3)25-18(28)14-24-19(22-4)23-13-15-16(21)7-6-8-17(15)27-11-9-26(5)10-12-27/h6-8H,9-14H2,1-5H3,(H,25,28)(H2,22,23,24). The lowest BCUT2D eigenvalue weighted by molar-refractivity contribution is -0.121. The van der Waals surface area contributed by atoms with Crippen LogP contribution < -0.4 is 20.9 Å². The molecule has 0 aliphatic carbocycles. The van der Waals surface area contributed by atoms with Crippen LogP contribution in [0.15, 0.2) is 23.2 Å². The summed E-state index contributed by atoms with van der Waals surface area (Å²) in [5.74, 6) is 0.486. The molecular formula is C20H33ClN6O.